The largest absolute Gasteiger partial charge is 0.382 e. The lowest BCUT2D eigenvalue weighted by atomic mass is 9.94. The van der Waals surface area contributed by atoms with Gasteiger partial charge in [-0.25, -0.2) is 0 Å². The van der Waals surface area contributed by atoms with E-state index in [2.05, 4.69) is 13.8 Å². The fourth-order valence-corrected chi connectivity index (χ4v) is 1.50. The molecule has 1 aliphatic heterocycles. The van der Waals surface area contributed by atoms with Crippen LogP contribution < -0.4 is 0 Å². The van der Waals surface area contributed by atoms with Gasteiger partial charge in [-0.1, -0.05) is 6.92 Å². The van der Waals surface area contributed by atoms with Crippen LogP contribution in [-0.4, -0.2) is 25.9 Å². The number of ether oxygens (including phenoxy) is 2. The molecule has 1 rings (SSSR count). The summed E-state index contributed by atoms with van der Waals surface area (Å²) in [5.74, 6) is 0.711. The lowest BCUT2D eigenvalue weighted by Crippen LogP contribution is -2.34. The molecule has 2 heteroatoms. The average Bonchev–Trinajstić information content (AvgIpc) is 1.98. The predicted octanol–water partition coefficient (Wildman–Crippen LogP) is 1.84. The Morgan fingerprint density at radius 2 is 2.09 bits per heavy atom. The highest BCUT2D eigenvalue weighted by atomic mass is 16.5. The Balaban J connectivity index is 2.28. The van der Waals surface area contributed by atoms with Crippen LogP contribution in [0, 0.1) is 5.92 Å². The van der Waals surface area contributed by atoms with Crippen LogP contribution in [0.5, 0.6) is 0 Å². The van der Waals surface area contributed by atoms with Gasteiger partial charge in [-0.2, -0.15) is 0 Å². The van der Waals surface area contributed by atoms with Crippen molar-refractivity contribution in [2.45, 2.75) is 38.9 Å². The molecule has 0 spiro atoms. The minimum absolute atomic E-state index is 0.339. The quantitative estimate of drug-likeness (QED) is 0.610. The molecule has 1 fully saturated rings. The van der Waals surface area contributed by atoms with Crippen molar-refractivity contribution in [3.63, 3.8) is 0 Å². The number of hydrogen-bond acceptors (Lipinski definition) is 2. The first-order chi connectivity index (χ1) is 5.24. The lowest BCUT2D eigenvalue weighted by molar-refractivity contribution is -0.0941. The minimum Gasteiger partial charge on any atom is -0.382 e. The fourth-order valence-electron chi connectivity index (χ4n) is 1.50. The van der Waals surface area contributed by atoms with Crippen molar-refractivity contribution in [2.24, 2.45) is 5.92 Å². The Morgan fingerprint density at radius 3 is 2.64 bits per heavy atom. The summed E-state index contributed by atoms with van der Waals surface area (Å²) in [6.07, 6.45) is 3.17. The fraction of sp³-hybridized carbons (Fsp3) is 1.00. The molecule has 1 aliphatic rings. The molecule has 1 saturated heterocycles. The molecule has 66 valence electrons. The van der Waals surface area contributed by atoms with Crippen LogP contribution >= 0.6 is 0 Å². The maximum absolute atomic E-state index is 5.71. The molecule has 0 aromatic heterocycles. The molecule has 0 radical (unpaired) electrons. The van der Waals surface area contributed by atoms with Gasteiger partial charge in [-0.05, 0) is 25.7 Å². The zero-order valence-electron chi connectivity index (χ0n) is 7.67. The summed E-state index contributed by atoms with van der Waals surface area (Å²) in [6, 6.07) is 0. The van der Waals surface area contributed by atoms with Crippen LogP contribution in [0.15, 0.2) is 0 Å². The van der Waals surface area contributed by atoms with E-state index >= 15 is 0 Å². The molecular weight excluding hydrogens is 140 g/mol. The van der Waals surface area contributed by atoms with E-state index in [1.165, 1.54) is 6.42 Å². The predicted molar refractivity (Wildman–Crippen MR) is 44.6 cm³/mol. The van der Waals surface area contributed by atoms with Gasteiger partial charge < -0.3 is 9.47 Å². The number of rotatable bonds is 2. The Morgan fingerprint density at radius 1 is 1.36 bits per heavy atom. The van der Waals surface area contributed by atoms with Gasteiger partial charge in [-0.3, -0.25) is 0 Å². The molecule has 0 aliphatic carbocycles. The van der Waals surface area contributed by atoms with E-state index in [1.807, 2.05) is 0 Å². The van der Waals surface area contributed by atoms with Crippen molar-refractivity contribution in [1.82, 2.24) is 0 Å². The Hall–Kier alpha value is -0.0800. The topological polar surface area (TPSA) is 18.5 Å². The third-order valence-corrected chi connectivity index (χ3v) is 2.50. The zero-order valence-corrected chi connectivity index (χ0v) is 7.67. The first-order valence-corrected chi connectivity index (χ1v) is 4.38. The van der Waals surface area contributed by atoms with Crippen molar-refractivity contribution in [2.75, 3.05) is 13.7 Å². The van der Waals surface area contributed by atoms with E-state index in [-0.39, 0.29) is 0 Å². The molecule has 3 atom stereocenters. The summed E-state index contributed by atoms with van der Waals surface area (Å²) in [4.78, 5) is 0. The Bertz CT molecular complexity index is 114. The van der Waals surface area contributed by atoms with Crippen molar-refractivity contribution in [3.05, 3.63) is 0 Å². The molecule has 2 nitrogen and oxygen atoms in total. The van der Waals surface area contributed by atoms with Crippen molar-refractivity contribution < 1.29 is 9.47 Å². The summed E-state index contributed by atoms with van der Waals surface area (Å²) >= 11 is 0. The highest BCUT2D eigenvalue weighted by Crippen LogP contribution is 2.24. The summed E-state index contributed by atoms with van der Waals surface area (Å²) < 4.78 is 10.8. The standard InChI is InChI=1S/C9H18O2/c1-7-4-5-9(6-10-3)11-8(7)2/h7-9H,4-6H2,1-3H3/t7-,8-,9?/m0/s1. The Kier molecular flexibility index (Phi) is 3.34. The average molecular weight is 158 g/mol. The van der Waals surface area contributed by atoms with E-state index in [9.17, 15) is 0 Å². The molecule has 0 amide bonds. The van der Waals surface area contributed by atoms with Crippen LogP contribution in [-0.2, 0) is 9.47 Å². The van der Waals surface area contributed by atoms with Gasteiger partial charge in [0.1, 0.15) is 0 Å². The third kappa shape index (κ3) is 2.46. The smallest absolute Gasteiger partial charge is 0.0812 e. The van der Waals surface area contributed by atoms with Gasteiger partial charge in [-0.15, -0.1) is 0 Å². The van der Waals surface area contributed by atoms with Gasteiger partial charge in [0.25, 0.3) is 0 Å². The van der Waals surface area contributed by atoms with Crippen molar-refractivity contribution in [1.29, 1.82) is 0 Å². The van der Waals surface area contributed by atoms with Crippen LogP contribution in [0.1, 0.15) is 26.7 Å². The van der Waals surface area contributed by atoms with Crippen LogP contribution in [0.3, 0.4) is 0 Å². The highest BCUT2D eigenvalue weighted by Gasteiger charge is 2.24. The number of hydrogen-bond donors (Lipinski definition) is 0. The monoisotopic (exact) mass is 158 g/mol. The van der Waals surface area contributed by atoms with Crippen molar-refractivity contribution in [3.8, 4) is 0 Å². The molecule has 0 aromatic rings. The van der Waals surface area contributed by atoms with Gasteiger partial charge in [0.05, 0.1) is 18.8 Å². The molecule has 1 unspecified atom stereocenters. The molecule has 0 aromatic carbocycles. The molecular formula is C9H18O2. The van der Waals surface area contributed by atoms with E-state index in [0.717, 1.165) is 13.0 Å². The molecule has 1 heterocycles. The Labute approximate surface area is 68.9 Å². The molecule has 11 heavy (non-hydrogen) atoms. The van der Waals surface area contributed by atoms with Crippen molar-refractivity contribution >= 4 is 0 Å². The lowest BCUT2D eigenvalue weighted by Gasteiger charge is -2.32. The van der Waals surface area contributed by atoms with Crippen LogP contribution in [0.2, 0.25) is 0 Å². The SMILES string of the molecule is COCC1CC[C@H](C)[C@H](C)O1. The van der Waals surface area contributed by atoms with E-state index < -0.39 is 0 Å². The second-order valence-electron chi connectivity index (χ2n) is 3.47. The van der Waals surface area contributed by atoms with E-state index in [0.29, 0.717) is 18.1 Å². The first kappa shape index (κ1) is 9.01. The maximum Gasteiger partial charge on any atom is 0.0812 e. The van der Waals surface area contributed by atoms with Gasteiger partial charge >= 0.3 is 0 Å². The highest BCUT2D eigenvalue weighted by molar-refractivity contribution is 4.72. The van der Waals surface area contributed by atoms with Crippen LogP contribution in [0.4, 0.5) is 0 Å². The van der Waals surface area contributed by atoms with E-state index in [4.69, 9.17) is 9.47 Å². The van der Waals surface area contributed by atoms with E-state index in [1.54, 1.807) is 7.11 Å². The summed E-state index contributed by atoms with van der Waals surface area (Å²) in [5.41, 5.74) is 0. The molecule has 0 bridgehead atoms. The summed E-state index contributed by atoms with van der Waals surface area (Å²) in [7, 11) is 1.73. The summed E-state index contributed by atoms with van der Waals surface area (Å²) in [6.45, 7) is 5.14. The van der Waals surface area contributed by atoms with Gasteiger partial charge in [0.2, 0.25) is 0 Å². The van der Waals surface area contributed by atoms with Crippen LogP contribution in [0.25, 0.3) is 0 Å². The van der Waals surface area contributed by atoms with Gasteiger partial charge in [0, 0.05) is 7.11 Å². The summed E-state index contributed by atoms with van der Waals surface area (Å²) in [5, 5.41) is 0. The molecule has 0 saturated carbocycles. The second-order valence-corrected chi connectivity index (χ2v) is 3.47. The first-order valence-electron chi connectivity index (χ1n) is 4.38. The second kappa shape index (κ2) is 4.07. The number of methoxy groups -OCH3 is 1. The molecule has 0 N–H and O–H groups in total. The normalized spacial score (nSPS) is 39.0. The van der Waals surface area contributed by atoms with Gasteiger partial charge in [0.15, 0.2) is 0 Å². The minimum atomic E-state index is 0.339. The zero-order chi connectivity index (χ0) is 8.27. The maximum atomic E-state index is 5.71. The third-order valence-electron chi connectivity index (χ3n) is 2.50.